The topological polar surface area (TPSA) is 118 Å². The molecule has 2 aliphatic carbocycles. The normalized spacial score (nSPS) is 22.5. The summed E-state index contributed by atoms with van der Waals surface area (Å²) in [6, 6.07) is 10.5. The molecule has 0 bridgehead atoms. The molecule has 0 fully saturated rings. The van der Waals surface area contributed by atoms with Crippen LogP contribution in [-0.4, -0.2) is 51.8 Å². The molecule has 0 radical (unpaired) electrons. The molecule has 7 heteroatoms. The zero-order valence-corrected chi connectivity index (χ0v) is 17.7. The Balaban J connectivity index is 1.62. The summed E-state index contributed by atoms with van der Waals surface area (Å²) in [5.41, 5.74) is -1.86. The lowest BCUT2D eigenvalue weighted by atomic mass is 9.69. The summed E-state index contributed by atoms with van der Waals surface area (Å²) in [4.78, 5) is 50.8. The van der Waals surface area contributed by atoms with Crippen molar-refractivity contribution in [1.82, 2.24) is 0 Å². The number of rotatable bonds is 6. The van der Waals surface area contributed by atoms with Gasteiger partial charge in [-0.05, 0) is 29.3 Å². The Morgan fingerprint density at radius 2 is 1.72 bits per heavy atom. The number of hydrogen-bond donors (Lipinski definition) is 2. The van der Waals surface area contributed by atoms with Crippen molar-refractivity contribution in [1.29, 1.82) is 0 Å². The molecule has 2 aromatic carbocycles. The van der Waals surface area contributed by atoms with Gasteiger partial charge in [-0.1, -0.05) is 37.6 Å². The molecule has 0 aromatic heterocycles. The van der Waals surface area contributed by atoms with Crippen molar-refractivity contribution in [2.24, 2.45) is 0 Å². The Hall–Kier alpha value is -3.16. The van der Waals surface area contributed by atoms with Crippen LogP contribution in [0.2, 0.25) is 0 Å². The second-order valence-corrected chi connectivity index (χ2v) is 8.41. The van der Waals surface area contributed by atoms with Gasteiger partial charge in [0.25, 0.3) is 0 Å². The van der Waals surface area contributed by atoms with Crippen molar-refractivity contribution >= 4 is 34.1 Å². The molecule has 2 aliphatic rings. The fraction of sp³-hybridized carbons (Fsp3) is 0.360. The molecule has 0 saturated heterocycles. The molecule has 2 N–H and O–H groups in total. The summed E-state index contributed by atoms with van der Waals surface area (Å²) in [6.07, 6.45) is -0.766. The number of aliphatic hydroxyl groups excluding tert-OH is 1. The number of fused-ring (bicyclic) bond motifs is 2. The minimum Gasteiger partial charge on any atom is -0.458 e. The summed E-state index contributed by atoms with van der Waals surface area (Å²) >= 11 is 0. The minimum absolute atomic E-state index is 0.0651. The van der Waals surface area contributed by atoms with Crippen LogP contribution in [0.5, 0.6) is 0 Å². The predicted molar refractivity (Wildman–Crippen MR) is 115 cm³/mol. The molecule has 166 valence electrons. The van der Waals surface area contributed by atoms with E-state index < -0.39 is 54.5 Å². The molecule has 0 unspecified atom stereocenters. The van der Waals surface area contributed by atoms with Gasteiger partial charge in [-0.2, -0.15) is 0 Å². The van der Waals surface area contributed by atoms with Crippen LogP contribution in [0.15, 0.2) is 47.5 Å². The molecule has 0 amide bonds. The standard InChI is InChI=1S/C25H24O7/c1-2-3-8-21(28)32-13-20(27)25(31)11-18-22(19(26)12-25)24(30)17-10-15-7-5-4-6-14(15)9-16(17)23(18)29/h4-7,9-10,19,26,31H,2-3,8,11-13H2,1H3/t19-,25-/m0/s1. The number of unbranched alkanes of at least 4 members (excludes halogenated alkanes) is 1. The molecule has 2 atom stereocenters. The lowest BCUT2D eigenvalue weighted by Gasteiger charge is -2.37. The largest absolute Gasteiger partial charge is 0.458 e. The first kappa shape index (κ1) is 22.0. The molecular formula is C25H24O7. The monoisotopic (exact) mass is 436 g/mol. The molecule has 0 saturated carbocycles. The average Bonchev–Trinajstić information content (AvgIpc) is 2.78. The van der Waals surface area contributed by atoms with E-state index in [9.17, 15) is 29.4 Å². The number of hydrogen-bond acceptors (Lipinski definition) is 7. The van der Waals surface area contributed by atoms with Crippen LogP contribution in [0.3, 0.4) is 0 Å². The van der Waals surface area contributed by atoms with E-state index in [1.807, 2.05) is 31.2 Å². The van der Waals surface area contributed by atoms with Crippen molar-refractivity contribution < 1.29 is 34.1 Å². The molecule has 0 aliphatic heterocycles. The second-order valence-electron chi connectivity index (χ2n) is 8.41. The van der Waals surface area contributed by atoms with Gasteiger partial charge in [-0.25, -0.2) is 0 Å². The number of carbonyl (C=O) groups is 4. The summed E-state index contributed by atoms with van der Waals surface area (Å²) in [7, 11) is 0. The van der Waals surface area contributed by atoms with Gasteiger partial charge in [0.1, 0.15) is 5.60 Å². The Morgan fingerprint density at radius 3 is 2.34 bits per heavy atom. The molecule has 0 spiro atoms. The van der Waals surface area contributed by atoms with E-state index in [1.54, 1.807) is 12.1 Å². The van der Waals surface area contributed by atoms with Crippen LogP contribution < -0.4 is 0 Å². The minimum atomic E-state index is -2.10. The van der Waals surface area contributed by atoms with Crippen LogP contribution >= 0.6 is 0 Å². The summed E-state index contributed by atoms with van der Waals surface area (Å²) in [5, 5.41) is 23.2. The first-order chi connectivity index (χ1) is 15.2. The zero-order valence-electron chi connectivity index (χ0n) is 17.7. The van der Waals surface area contributed by atoms with Crippen LogP contribution in [-0.2, 0) is 14.3 Å². The van der Waals surface area contributed by atoms with Crippen LogP contribution in [0.4, 0.5) is 0 Å². The molecule has 4 rings (SSSR count). The number of Topliss-reactive ketones (excluding diaryl/α,β-unsaturated/α-hetero) is 3. The smallest absolute Gasteiger partial charge is 0.306 e. The third kappa shape index (κ3) is 3.78. The van der Waals surface area contributed by atoms with E-state index in [0.717, 1.165) is 17.2 Å². The Kier molecular flexibility index (Phi) is 5.79. The van der Waals surface area contributed by atoms with Crippen molar-refractivity contribution in [3.8, 4) is 0 Å². The number of aliphatic hydroxyl groups is 2. The molecule has 2 aromatic rings. The number of ether oxygens (including phenoxy) is 1. The maximum atomic E-state index is 13.3. The lowest BCUT2D eigenvalue weighted by Crippen LogP contribution is -2.50. The number of esters is 1. The van der Waals surface area contributed by atoms with Gasteiger partial charge >= 0.3 is 5.97 Å². The molecule has 32 heavy (non-hydrogen) atoms. The van der Waals surface area contributed by atoms with Gasteiger partial charge in [-0.3, -0.25) is 19.2 Å². The summed E-state index contributed by atoms with van der Waals surface area (Å²) in [5.74, 6) is -2.33. The predicted octanol–water partition coefficient (Wildman–Crippen LogP) is 2.70. The lowest BCUT2D eigenvalue weighted by molar-refractivity contribution is -0.156. The van der Waals surface area contributed by atoms with Gasteiger partial charge in [0.05, 0.1) is 6.10 Å². The van der Waals surface area contributed by atoms with Crippen LogP contribution in [0.1, 0.15) is 59.7 Å². The zero-order chi connectivity index (χ0) is 23.0. The van der Waals surface area contributed by atoms with Crippen LogP contribution in [0, 0.1) is 0 Å². The van der Waals surface area contributed by atoms with Gasteiger partial charge in [0.2, 0.25) is 5.78 Å². The van der Waals surface area contributed by atoms with E-state index in [2.05, 4.69) is 0 Å². The fourth-order valence-corrected chi connectivity index (χ4v) is 4.38. The summed E-state index contributed by atoms with van der Waals surface area (Å²) in [6.45, 7) is 1.26. The molecular weight excluding hydrogens is 412 g/mol. The summed E-state index contributed by atoms with van der Waals surface area (Å²) < 4.78 is 4.95. The first-order valence-corrected chi connectivity index (χ1v) is 10.7. The van der Waals surface area contributed by atoms with Crippen LogP contribution in [0.25, 0.3) is 10.8 Å². The quantitative estimate of drug-likeness (QED) is 0.669. The van der Waals surface area contributed by atoms with Crippen molar-refractivity contribution in [2.75, 3.05) is 6.61 Å². The maximum Gasteiger partial charge on any atom is 0.306 e. The molecule has 0 heterocycles. The van der Waals surface area contributed by atoms with Gasteiger partial charge in [-0.15, -0.1) is 0 Å². The molecule has 7 nitrogen and oxygen atoms in total. The highest BCUT2D eigenvalue weighted by Gasteiger charge is 2.49. The highest BCUT2D eigenvalue weighted by molar-refractivity contribution is 6.29. The second kappa shape index (κ2) is 8.41. The highest BCUT2D eigenvalue weighted by Crippen LogP contribution is 2.41. The van der Waals surface area contributed by atoms with Gasteiger partial charge < -0.3 is 14.9 Å². The number of benzene rings is 2. The Bertz CT molecular complexity index is 1180. The van der Waals surface area contributed by atoms with E-state index in [-0.39, 0.29) is 28.7 Å². The van der Waals surface area contributed by atoms with Crippen molar-refractivity contribution in [2.45, 2.75) is 50.7 Å². The Labute approximate surface area is 184 Å². The van der Waals surface area contributed by atoms with Gasteiger partial charge in [0.15, 0.2) is 18.2 Å². The SMILES string of the molecule is CCCCC(=O)OCC(=O)[C@]1(O)CC2=C(C(=O)c3cc4ccccc4cc3C2=O)[C@@H](O)C1. The third-order valence-electron chi connectivity index (χ3n) is 6.17. The maximum absolute atomic E-state index is 13.3. The number of carbonyl (C=O) groups excluding carboxylic acids is 4. The van der Waals surface area contributed by atoms with E-state index >= 15 is 0 Å². The van der Waals surface area contributed by atoms with Gasteiger partial charge in [0, 0.05) is 41.5 Å². The van der Waals surface area contributed by atoms with E-state index in [0.29, 0.717) is 6.42 Å². The highest BCUT2D eigenvalue weighted by atomic mass is 16.5. The average molecular weight is 436 g/mol. The first-order valence-electron chi connectivity index (χ1n) is 10.7. The van der Waals surface area contributed by atoms with Crippen molar-refractivity contribution in [3.63, 3.8) is 0 Å². The van der Waals surface area contributed by atoms with E-state index in [4.69, 9.17) is 4.74 Å². The Morgan fingerprint density at radius 1 is 1.09 bits per heavy atom. The number of ketones is 3. The van der Waals surface area contributed by atoms with Crippen molar-refractivity contribution in [3.05, 3.63) is 58.7 Å². The van der Waals surface area contributed by atoms with E-state index in [1.165, 1.54) is 0 Å². The third-order valence-corrected chi connectivity index (χ3v) is 6.17. The fourth-order valence-electron chi connectivity index (χ4n) is 4.38.